The second kappa shape index (κ2) is 7.58. The Morgan fingerprint density at radius 3 is 2.54 bits per heavy atom. The fourth-order valence-electron chi connectivity index (χ4n) is 3.85. The normalized spacial score (nSPS) is 20.1. The van der Waals surface area contributed by atoms with Crippen LogP contribution in [-0.4, -0.2) is 19.0 Å². The number of carbonyl (C=O) groups is 1. The largest absolute Gasteiger partial charge is 0.397 e. The molecule has 1 aliphatic rings. The van der Waals surface area contributed by atoms with Crippen molar-refractivity contribution in [2.75, 3.05) is 29.0 Å². The van der Waals surface area contributed by atoms with Crippen LogP contribution < -0.4 is 16.0 Å². The summed E-state index contributed by atoms with van der Waals surface area (Å²) in [6.45, 7) is 8.69. The lowest BCUT2D eigenvalue weighted by atomic mass is 9.91. The van der Waals surface area contributed by atoms with E-state index in [1.807, 2.05) is 12.1 Å². The Labute approximate surface area is 160 Å². The van der Waals surface area contributed by atoms with Gasteiger partial charge in [0, 0.05) is 29.4 Å². The standard InChI is InChI=1S/C21H26ClN3O/c1-13-7-14(2)12-25(11-13)20-10-19(18(23)8-15(20)3)24-21(26)16-5-4-6-17(22)9-16/h4-6,8-10,13-14H,7,11-12,23H2,1-3H3,(H,24,26). The van der Waals surface area contributed by atoms with E-state index < -0.39 is 0 Å². The number of hydrogen-bond acceptors (Lipinski definition) is 3. The molecule has 0 spiro atoms. The number of carbonyl (C=O) groups excluding carboxylic acids is 1. The third-order valence-electron chi connectivity index (χ3n) is 4.91. The number of rotatable bonds is 3. The van der Waals surface area contributed by atoms with Crippen molar-refractivity contribution in [2.24, 2.45) is 11.8 Å². The molecule has 2 aromatic carbocycles. The van der Waals surface area contributed by atoms with Crippen LogP contribution in [0.15, 0.2) is 36.4 Å². The van der Waals surface area contributed by atoms with Crippen molar-refractivity contribution in [1.29, 1.82) is 0 Å². The third-order valence-corrected chi connectivity index (χ3v) is 5.15. The molecule has 1 fully saturated rings. The van der Waals surface area contributed by atoms with E-state index in [2.05, 4.69) is 31.0 Å². The summed E-state index contributed by atoms with van der Waals surface area (Å²) in [4.78, 5) is 15.0. The first-order valence-electron chi connectivity index (χ1n) is 9.05. The van der Waals surface area contributed by atoms with Crippen LogP contribution >= 0.6 is 11.6 Å². The van der Waals surface area contributed by atoms with E-state index in [-0.39, 0.29) is 5.91 Å². The molecule has 1 heterocycles. The number of halogens is 1. The molecule has 2 aromatic rings. The lowest BCUT2D eigenvalue weighted by molar-refractivity contribution is 0.102. The molecular weight excluding hydrogens is 346 g/mol. The van der Waals surface area contributed by atoms with Crippen molar-refractivity contribution in [3.05, 3.63) is 52.5 Å². The van der Waals surface area contributed by atoms with E-state index in [1.165, 1.54) is 6.42 Å². The van der Waals surface area contributed by atoms with E-state index in [4.69, 9.17) is 17.3 Å². The van der Waals surface area contributed by atoms with Gasteiger partial charge < -0.3 is 16.0 Å². The third kappa shape index (κ3) is 4.13. The Bertz CT molecular complexity index is 811. The Morgan fingerprint density at radius 1 is 1.19 bits per heavy atom. The summed E-state index contributed by atoms with van der Waals surface area (Å²) < 4.78 is 0. The first-order chi connectivity index (χ1) is 12.3. The number of aryl methyl sites for hydroxylation is 1. The molecule has 1 aliphatic heterocycles. The molecule has 0 aliphatic carbocycles. The average Bonchev–Trinajstić information content (AvgIpc) is 2.56. The number of nitrogens with two attached hydrogens (primary N) is 1. The van der Waals surface area contributed by atoms with Crippen molar-refractivity contribution in [3.8, 4) is 0 Å². The van der Waals surface area contributed by atoms with Crippen LogP contribution in [0.5, 0.6) is 0 Å². The molecular formula is C21H26ClN3O. The molecule has 0 saturated carbocycles. The van der Waals surface area contributed by atoms with E-state index in [9.17, 15) is 4.79 Å². The van der Waals surface area contributed by atoms with Gasteiger partial charge in [0.2, 0.25) is 0 Å². The van der Waals surface area contributed by atoms with Crippen molar-refractivity contribution < 1.29 is 4.79 Å². The van der Waals surface area contributed by atoms with Gasteiger partial charge in [-0.2, -0.15) is 0 Å². The van der Waals surface area contributed by atoms with Crippen molar-refractivity contribution in [1.82, 2.24) is 0 Å². The Kier molecular flexibility index (Phi) is 5.42. The van der Waals surface area contributed by atoms with Crippen LogP contribution in [0, 0.1) is 18.8 Å². The van der Waals surface area contributed by atoms with Crippen LogP contribution in [0.3, 0.4) is 0 Å². The molecule has 2 atom stereocenters. The zero-order chi connectivity index (χ0) is 18.8. The Morgan fingerprint density at radius 2 is 1.88 bits per heavy atom. The summed E-state index contributed by atoms with van der Waals surface area (Å²) in [6, 6.07) is 10.8. The van der Waals surface area contributed by atoms with Gasteiger partial charge in [0.15, 0.2) is 0 Å². The molecule has 0 aromatic heterocycles. The summed E-state index contributed by atoms with van der Waals surface area (Å²) in [5.74, 6) is 1.09. The highest BCUT2D eigenvalue weighted by Crippen LogP contribution is 2.33. The monoisotopic (exact) mass is 371 g/mol. The van der Waals surface area contributed by atoms with Crippen LogP contribution in [0.4, 0.5) is 17.1 Å². The van der Waals surface area contributed by atoms with Gasteiger partial charge in [0.05, 0.1) is 11.4 Å². The summed E-state index contributed by atoms with van der Waals surface area (Å²) in [6.07, 6.45) is 1.25. The lowest BCUT2D eigenvalue weighted by Crippen LogP contribution is -2.39. The zero-order valence-electron chi connectivity index (χ0n) is 15.6. The number of nitrogens with zero attached hydrogens (tertiary/aromatic N) is 1. The molecule has 1 saturated heterocycles. The first kappa shape index (κ1) is 18.6. The number of nitrogens with one attached hydrogen (secondary N) is 1. The van der Waals surface area contributed by atoms with Gasteiger partial charge >= 0.3 is 0 Å². The minimum Gasteiger partial charge on any atom is -0.397 e. The maximum atomic E-state index is 12.6. The van der Waals surface area contributed by atoms with E-state index in [1.54, 1.807) is 24.3 Å². The van der Waals surface area contributed by atoms with Crippen LogP contribution in [-0.2, 0) is 0 Å². The molecule has 0 bridgehead atoms. The summed E-state index contributed by atoms with van der Waals surface area (Å²) >= 11 is 5.99. The average molecular weight is 372 g/mol. The predicted molar refractivity (Wildman–Crippen MR) is 110 cm³/mol. The zero-order valence-corrected chi connectivity index (χ0v) is 16.3. The van der Waals surface area contributed by atoms with Gasteiger partial charge in [-0.25, -0.2) is 0 Å². The molecule has 2 unspecified atom stereocenters. The van der Waals surface area contributed by atoms with Crippen LogP contribution in [0.1, 0.15) is 36.2 Å². The van der Waals surface area contributed by atoms with Gasteiger partial charge in [-0.3, -0.25) is 4.79 Å². The molecule has 138 valence electrons. The number of anilines is 3. The maximum Gasteiger partial charge on any atom is 0.255 e. The van der Waals surface area contributed by atoms with E-state index in [0.29, 0.717) is 33.8 Å². The SMILES string of the molecule is Cc1cc(N)c(NC(=O)c2cccc(Cl)c2)cc1N1CC(C)CC(C)C1. The highest BCUT2D eigenvalue weighted by molar-refractivity contribution is 6.31. The minimum absolute atomic E-state index is 0.214. The highest BCUT2D eigenvalue weighted by atomic mass is 35.5. The predicted octanol–water partition coefficient (Wildman–Crippen LogP) is 4.97. The minimum atomic E-state index is -0.214. The quantitative estimate of drug-likeness (QED) is 0.749. The maximum absolute atomic E-state index is 12.6. The molecule has 1 amide bonds. The summed E-state index contributed by atoms with van der Waals surface area (Å²) in [5, 5.41) is 3.47. The number of amides is 1. The molecule has 4 nitrogen and oxygen atoms in total. The highest BCUT2D eigenvalue weighted by Gasteiger charge is 2.24. The number of nitrogen functional groups attached to an aromatic ring is 1. The Balaban J connectivity index is 1.87. The first-order valence-corrected chi connectivity index (χ1v) is 9.43. The molecule has 5 heteroatoms. The van der Waals surface area contributed by atoms with E-state index in [0.717, 1.165) is 24.3 Å². The fourth-order valence-corrected chi connectivity index (χ4v) is 4.04. The van der Waals surface area contributed by atoms with Crippen molar-refractivity contribution in [2.45, 2.75) is 27.2 Å². The molecule has 3 N–H and O–H groups in total. The van der Waals surface area contributed by atoms with E-state index >= 15 is 0 Å². The second-order valence-corrected chi connectivity index (χ2v) is 7.98. The topological polar surface area (TPSA) is 58.4 Å². The van der Waals surface area contributed by atoms with Gasteiger partial charge in [0.1, 0.15) is 0 Å². The molecule has 3 rings (SSSR count). The molecule has 0 radical (unpaired) electrons. The molecule has 26 heavy (non-hydrogen) atoms. The number of piperidine rings is 1. The van der Waals surface area contributed by atoms with Crippen LogP contribution in [0.25, 0.3) is 0 Å². The summed E-state index contributed by atoms with van der Waals surface area (Å²) in [5.41, 5.74) is 10.2. The Hall–Kier alpha value is -2.20. The van der Waals surface area contributed by atoms with Crippen molar-refractivity contribution >= 4 is 34.6 Å². The van der Waals surface area contributed by atoms with Gasteiger partial charge in [0.25, 0.3) is 5.91 Å². The smallest absolute Gasteiger partial charge is 0.255 e. The number of hydrogen-bond donors (Lipinski definition) is 2. The lowest BCUT2D eigenvalue weighted by Gasteiger charge is -2.37. The second-order valence-electron chi connectivity index (χ2n) is 7.54. The fraction of sp³-hybridized carbons (Fsp3) is 0.381. The van der Waals surface area contributed by atoms with Crippen LogP contribution in [0.2, 0.25) is 5.02 Å². The van der Waals surface area contributed by atoms with Gasteiger partial charge in [-0.15, -0.1) is 0 Å². The van der Waals surface area contributed by atoms with Crippen molar-refractivity contribution in [3.63, 3.8) is 0 Å². The van der Waals surface area contributed by atoms with Gasteiger partial charge in [-0.05, 0) is 61.1 Å². The number of benzene rings is 2. The van der Waals surface area contributed by atoms with Gasteiger partial charge in [-0.1, -0.05) is 31.5 Å². The summed E-state index contributed by atoms with van der Waals surface area (Å²) in [7, 11) is 0.